The molecular formula is C14H24N4O. The molecule has 0 aliphatic carbocycles. The minimum absolute atomic E-state index is 0.589. The van der Waals surface area contributed by atoms with Gasteiger partial charge in [-0.25, -0.2) is 9.97 Å². The molecule has 1 atom stereocenters. The van der Waals surface area contributed by atoms with Crippen molar-refractivity contribution in [2.24, 2.45) is 5.92 Å². The lowest BCUT2D eigenvalue weighted by atomic mass is 10.0. The largest absolute Gasteiger partial charge is 0.381 e. The van der Waals surface area contributed by atoms with E-state index < -0.39 is 0 Å². The van der Waals surface area contributed by atoms with E-state index >= 15 is 0 Å². The predicted octanol–water partition coefficient (Wildman–Crippen LogP) is 2.36. The highest BCUT2D eigenvalue weighted by molar-refractivity contribution is 5.57. The van der Waals surface area contributed by atoms with Crippen molar-refractivity contribution in [2.45, 2.75) is 33.6 Å². The molecule has 1 saturated heterocycles. The zero-order valence-corrected chi connectivity index (χ0v) is 12.1. The van der Waals surface area contributed by atoms with Crippen LogP contribution >= 0.6 is 0 Å². The van der Waals surface area contributed by atoms with Gasteiger partial charge < -0.3 is 15.4 Å². The Hall–Kier alpha value is -1.36. The Labute approximate surface area is 115 Å². The number of aromatic nitrogens is 2. The van der Waals surface area contributed by atoms with Crippen LogP contribution in [0.4, 0.5) is 11.6 Å². The van der Waals surface area contributed by atoms with Crippen molar-refractivity contribution in [1.29, 1.82) is 0 Å². The van der Waals surface area contributed by atoms with E-state index in [9.17, 15) is 0 Å². The zero-order valence-electron chi connectivity index (χ0n) is 12.1. The molecule has 1 aromatic rings. The Kier molecular flexibility index (Phi) is 4.96. The van der Waals surface area contributed by atoms with E-state index in [1.165, 1.54) is 6.42 Å². The average Bonchev–Trinajstić information content (AvgIpc) is 2.42. The summed E-state index contributed by atoms with van der Waals surface area (Å²) in [7, 11) is 0. The Balaban J connectivity index is 2.02. The van der Waals surface area contributed by atoms with Crippen LogP contribution in [0.1, 0.15) is 31.2 Å². The number of anilines is 2. The van der Waals surface area contributed by atoms with Crippen molar-refractivity contribution in [1.82, 2.24) is 9.97 Å². The van der Waals surface area contributed by atoms with Crippen LogP contribution in [0.2, 0.25) is 0 Å². The molecule has 0 radical (unpaired) electrons. The molecule has 5 nitrogen and oxygen atoms in total. The number of hydrogen-bond acceptors (Lipinski definition) is 5. The summed E-state index contributed by atoms with van der Waals surface area (Å²) in [5, 5.41) is 6.73. The molecule has 0 amide bonds. The molecule has 1 aliphatic heterocycles. The second-order valence-corrected chi connectivity index (χ2v) is 5.09. The highest BCUT2D eigenvalue weighted by Crippen LogP contribution is 2.21. The molecule has 0 spiro atoms. The molecule has 0 bridgehead atoms. The zero-order chi connectivity index (χ0) is 13.7. The lowest BCUT2D eigenvalue weighted by molar-refractivity contribution is 0.0595. The molecule has 1 aliphatic rings. The van der Waals surface area contributed by atoms with Crippen molar-refractivity contribution >= 4 is 11.6 Å². The Morgan fingerprint density at radius 1 is 1.21 bits per heavy atom. The molecule has 1 unspecified atom stereocenters. The number of hydrogen-bond donors (Lipinski definition) is 2. The maximum absolute atomic E-state index is 5.50. The third-order valence-corrected chi connectivity index (χ3v) is 3.41. The third-order valence-electron chi connectivity index (χ3n) is 3.41. The second kappa shape index (κ2) is 6.70. The van der Waals surface area contributed by atoms with Gasteiger partial charge in [0.05, 0.1) is 6.61 Å². The van der Waals surface area contributed by atoms with Gasteiger partial charge in [-0.2, -0.15) is 0 Å². The van der Waals surface area contributed by atoms with E-state index in [1.807, 2.05) is 6.92 Å². The summed E-state index contributed by atoms with van der Waals surface area (Å²) in [6, 6.07) is 0. The van der Waals surface area contributed by atoms with Crippen LogP contribution in [0.5, 0.6) is 0 Å². The van der Waals surface area contributed by atoms with Crippen LogP contribution < -0.4 is 10.6 Å². The van der Waals surface area contributed by atoms with Gasteiger partial charge in [-0.1, -0.05) is 0 Å². The Bertz CT molecular complexity index is 416. The molecule has 106 valence electrons. The van der Waals surface area contributed by atoms with Gasteiger partial charge in [-0.15, -0.1) is 0 Å². The van der Waals surface area contributed by atoms with Crippen molar-refractivity contribution in [3.8, 4) is 0 Å². The van der Waals surface area contributed by atoms with Gasteiger partial charge in [-0.05, 0) is 39.5 Å². The quantitative estimate of drug-likeness (QED) is 0.855. The summed E-state index contributed by atoms with van der Waals surface area (Å²) in [5.74, 6) is 3.25. The summed E-state index contributed by atoms with van der Waals surface area (Å²) in [6.45, 7) is 9.61. The van der Waals surface area contributed by atoms with Crippen LogP contribution in [-0.4, -0.2) is 36.3 Å². The van der Waals surface area contributed by atoms with Crippen LogP contribution in [-0.2, 0) is 4.74 Å². The second-order valence-electron chi connectivity index (χ2n) is 5.09. The Morgan fingerprint density at radius 3 is 2.58 bits per heavy atom. The summed E-state index contributed by atoms with van der Waals surface area (Å²) >= 11 is 0. The third kappa shape index (κ3) is 3.80. The fourth-order valence-electron chi connectivity index (χ4n) is 2.35. The molecule has 1 fully saturated rings. The summed E-state index contributed by atoms with van der Waals surface area (Å²) in [6.07, 6.45) is 2.40. The average molecular weight is 264 g/mol. The van der Waals surface area contributed by atoms with Crippen LogP contribution in [0.3, 0.4) is 0 Å². The molecule has 2 rings (SSSR count). The van der Waals surface area contributed by atoms with Crippen molar-refractivity contribution in [3.63, 3.8) is 0 Å². The first-order chi connectivity index (χ1) is 9.20. The lowest BCUT2D eigenvalue weighted by Gasteiger charge is -2.23. The van der Waals surface area contributed by atoms with Gasteiger partial charge in [0, 0.05) is 25.3 Å². The molecule has 0 aromatic carbocycles. The van der Waals surface area contributed by atoms with E-state index in [1.54, 1.807) is 0 Å². The molecule has 2 heterocycles. The van der Waals surface area contributed by atoms with Crippen molar-refractivity contribution in [3.05, 3.63) is 11.4 Å². The van der Waals surface area contributed by atoms with E-state index in [-0.39, 0.29) is 0 Å². The van der Waals surface area contributed by atoms with Gasteiger partial charge in [0.1, 0.15) is 17.5 Å². The van der Waals surface area contributed by atoms with Crippen molar-refractivity contribution < 1.29 is 4.74 Å². The maximum atomic E-state index is 5.50. The fourth-order valence-corrected chi connectivity index (χ4v) is 2.35. The standard InChI is InChI=1S/C14H24N4O/c1-4-15-13-10(2)14(18-11(3)17-13)16-8-12-6-5-7-19-9-12/h12H,4-9H2,1-3H3,(H2,15,16,17,18). The monoisotopic (exact) mass is 264 g/mol. The first kappa shape index (κ1) is 14.1. The molecule has 5 heteroatoms. The SMILES string of the molecule is CCNc1nc(C)nc(NCC2CCCOC2)c1C. The van der Waals surface area contributed by atoms with Crippen molar-refractivity contribution in [2.75, 3.05) is 36.9 Å². The molecular weight excluding hydrogens is 240 g/mol. The minimum Gasteiger partial charge on any atom is -0.381 e. The first-order valence-electron chi connectivity index (χ1n) is 7.11. The molecule has 19 heavy (non-hydrogen) atoms. The topological polar surface area (TPSA) is 59.1 Å². The normalized spacial score (nSPS) is 19.2. The first-order valence-corrected chi connectivity index (χ1v) is 7.11. The summed E-state index contributed by atoms with van der Waals surface area (Å²) in [4.78, 5) is 8.93. The molecule has 0 saturated carbocycles. The Morgan fingerprint density at radius 2 is 1.95 bits per heavy atom. The van der Waals surface area contributed by atoms with Gasteiger partial charge in [-0.3, -0.25) is 0 Å². The highest BCUT2D eigenvalue weighted by atomic mass is 16.5. The van der Waals surface area contributed by atoms with Gasteiger partial charge in [0.2, 0.25) is 0 Å². The van der Waals surface area contributed by atoms with E-state index in [0.717, 1.165) is 55.7 Å². The van der Waals surface area contributed by atoms with E-state index in [0.29, 0.717) is 5.92 Å². The fraction of sp³-hybridized carbons (Fsp3) is 0.714. The number of nitrogens with zero attached hydrogens (tertiary/aromatic N) is 2. The lowest BCUT2D eigenvalue weighted by Crippen LogP contribution is -2.25. The molecule has 2 N–H and O–H groups in total. The minimum atomic E-state index is 0.589. The smallest absolute Gasteiger partial charge is 0.134 e. The number of aryl methyl sites for hydroxylation is 1. The van der Waals surface area contributed by atoms with E-state index in [2.05, 4.69) is 34.4 Å². The maximum Gasteiger partial charge on any atom is 0.134 e. The van der Waals surface area contributed by atoms with Gasteiger partial charge >= 0.3 is 0 Å². The number of nitrogens with one attached hydrogen (secondary N) is 2. The van der Waals surface area contributed by atoms with Crippen LogP contribution in [0.15, 0.2) is 0 Å². The summed E-state index contributed by atoms with van der Waals surface area (Å²) < 4.78 is 5.50. The molecule has 1 aromatic heterocycles. The van der Waals surface area contributed by atoms with Gasteiger partial charge in [0.15, 0.2) is 0 Å². The van der Waals surface area contributed by atoms with Crippen LogP contribution in [0.25, 0.3) is 0 Å². The predicted molar refractivity (Wildman–Crippen MR) is 77.7 cm³/mol. The van der Waals surface area contributed by atoms with Gasteiger partial charge in [0.25, 0.3) is 0 Å². The van der Waals surface area contributed by atoms with E-state index in [4.69, 9.17) is 4.74 Å². The van der Waals surface area contributed by atoms with Crippen LogP contribution in [0, 0.1) is 19.8 Å². The number of ether oxygens (including phenoxy) is 1. The highest BCUT2D eigenvalue weighted by Gasteiger charge is 2.15. The number of rotatable bonds is 5. The summed E-state index contributed by atoms with van der Waals surface area (Å²) in [5.41, 5.74) is 1.09.